The number of phenolic OH excluding ortho intramolecular Hbond substituents is 1. The number of hydrazine groups is 1. The standard InChI is InChI=1S/C50H63N7O9/c1-9-56-41-13-12-32-23-37(41)38(45(56)39-25-51-16-14-34(39)28-65-8)24-50(4,5)29-66-49(64)42-11-10-17-57(54(42)7)48(63)40(21-31-19-35(32)22-36(59)20-31)52-46(61)44(30(2)3)53(6)47(62)33-15-18-55(26-33)43(60)27-58/h12-14,16,19-20,22-23,25,30,33,40,42,44,58H,7,9-11,15,17-18,21,24,26-29H2,1-6,8H3,(H-,52,59,61)/p+1/t33-,40-,42-,44-/m0/s1. The van der Waals surface area contributed by atoms with Crippen LogP contribution in [0.3, 0.4) is 0 Å². The zero-order chi connectivity index (χ0) is 47.6. The highest BCUT2D eigenvalue weighted by Gasteiger charge is 2.45. The number of fused-ring (bicyclic) bond motifs is 6. The summed E-state index contributed by atoms with van der Waals surface area (Å²) in [6.07, 6.45) is 5.35. The Hall–Kier alpha value is -6.13. The third-order valence-electron chi connectivity index (χ3n) is 13.3. The third-order valence-corrected chi connectivity index (χ3v) is 13.3. The van der Waals surface area contributed by atoms with Crippen molar-refractivity contribution in [2.75, 3.05) is 47.0 Å². The number of hydrazone groups is 1. The number of benzene rings is 2. The molecule has 2 aromatic carbocycles. The zero-order valence-corrected chi connectivity index (χ0v) is 39.2. The second-order valence-electron chi connectivity index (χ2n) is 19.1. The van der Waals surface area contributed by atoms with Crippen LogP contribution in [0.4, 0.5) is 0 Å². The normalized spacial score (nSPS) is 20.6. The summed E-state index contributed by atoms with van der Waals surface area (Å²) in [7, 11) is 3.21. The van der Waals surface area contributed by atoms with Gasteiger partial charge in [0.25, 0.3) is 11.9 Å². The molecule has 0 aliphatic carbocycles. The Morgan fingerprint density at radius 1 is 1.09 bits per heavy atom. The number of aromatic nitrogens is 2. The molecule has 7 rings (SSSR count). The average molecular weight is 907 g/mol. The molecule has 4 amide bonds. The Morgan fingerprint density at radius 2 is 1.86 bits per heavy atom. The highest BCUT2D eigenvalue weighted by Crippen LogP contribution is 2.41. The number of hydrogen-bond acceptors (Lipinski definition) is 10. The quantitative estimate of drug-likeness (QED) is 0.153. The van der Waals surface area contributed by atoms with Gasteiger partial charge in [0, 0.05) is 80.9 Å². The van der Waals surface area contributed by atoms with Crippen molar-refractivity contribution in [2.45, 2.75) is 98.0 Å². The number of amides is 4. The smallest absolute Gasteiger partial charge is 0.378 e. The van der Waals surface area contributed by atoms with Crippen LogP contribution in [-0.2, 0) is 59.4 Å². The van der Waals surface area contributed by atoms with Gasteiger partial charge in [-0.15, -0.1) is 9.69 Å². The van der Waals surface area contributed by atoms with Gasteiger partial charge in [-0.05, 0) is 90.3 Å². The number of ether oxygens (including phenoxy) is 2. The van der Waals surface area contributed by atoms with Crippen molar-refractivity contribution in [3.8, 4) is 28.1 Å². The summed E-state index contributed by atoms with van der Waals surface area (Å²) >= 11 is 0. The van der Waals surface area contributed by atoms with Gasteiger partial charge in [-0.1, -0.05) is 39.8 Å². The number of aryl methyl sites for hydroxylation is 1. The van der Waals surface area contributed by atoms with Gasteiger partial charge in [-0.2, -0.15) is 0 Å². The SMILES string of the molecule is C=[N+]1[C@H]2CCCN1C(=O)[C@@H](NC(=O)[C@H](C(C)C)N(C)C(=O)[C@H]1CCN(C(=O)CO)C1)Cc1cc(O)cc(c1)-c1ccc3c(c1)c(c(-c1cnccc1COC)n3CC)CC(C)(C)COC2=O. The first-order chi connectivity index (χ1) is 31.5. The van der Waals surface area contributed by atoms with E-state index in [1.807, 2.05) is 38.2 Å². The number of hydrogen-bond donors (Lipinski definition) is 3. The van der Waals surface area contributed by atoms with Gasteiger partial charge in [0.15, 0.2) is 6.72 Å². The van der Waals surface area contributed by atoms with Gasteiger partial charge in [0.1, 0.15) is 24.4 Å². The van der Waals surface area contributed by atoms with E-state index in [0.29, 0.717) is 56.5 Å². The Bertz CT molecular complexity index is 2530. The molecule has 3 aliphatic rings. The number of cyclic esters (lactones) is 1. The number of esters is 1. The first-order valence-corrected chi connectivity index (χ1v) is 22.9. The van der Waals surface area contributed by atoms with E-state index >= 15 is 0 Å². The van der Waals surface area contributed by atoms with Gasteiger partial charge in [-0.25, -0.2) is 4.79 Å². The van der Waals surface area contributed by atoms with Crippen LogP contribution in [-0.4, -0.2) is 141 Å². The van der Waals surface area contributed by atoms with Gasteiger partial charge in [0.2, 0.25) is 17.7 Å². The number of nitrogens with zero attached hydrogens (tertiary/aromatic N) is 6. The Balaban J connectivity index is 1.32. The predicted octanol–water partition coefficient (Wildman–Crippen LogP) is 4.34. The number of aromatic hydroxyl groups is 1. The number of methoxy groups -OCH3 is 1. The Morgan fingerprint density at radius 3 is 2.58 bits per heavy atom. The molecule has 16 heteroatoms. The molecule has 4 aromatic rings. The van der Waals surface area contributed by atoms with E-state index < -0.39 is 59.8 Å². The summed E-state index contributed by atoms with van der Waals surface area (Å²) in [5, 5.41) is 26.1. The zero-order valence-electron chi connectivity index (χ0n) is 39.2. The first-order valence-electron chi connectivity index (χ1n) is 22.9. The number of aliphatic hydroxyl groups excluding tert-OH is 1. The second kappa shape index (κ2) is 19.8. The van der Waals surface area contributed by atoms with Crippen LogP contribution in [0.25, 0.3) is 33.3 Å². The first kappa shape index (κ1) is 47.8. The molecule has 2 aromatic heterocycles. The molecule has 352 valence electrons. The maximum Gasteiger partial charge on any atom is 0.378 e. The molecule has 0 unspecified atom stereocenters. The fourth-order valence-electron chi connectivity index (χ4n) is 10.1. The van der Waals surface area contributed by atoms with Crippen LogP contribution >= 0.6 is 0 Å². The maximum absolute atomic E-state index is 14.9. The van der Waals surface area contributed by atoms with Gasteiger partial charge in [-0.3, -0.25) is 24.2 Å². The third kappa shape index (κ3) is 9.71. The Labute approximate surface area is 386 Å². The highest BCUT2D eigenvalue weighted by molar-refractivity contribution is 5.96. The number of carbonyl (C=O) groups excluding carboxylic acids is 5. The number of likely N-dealkylation sites (N-methyl/N-ethyl adjacent to an activating group) is 1. The molecule has 0 spiro atoms. The minimum absolute atomic E-state index is 0.0301. The van der Waals surface area contributed by atoms with Crippen molar-refractivity contribution in [3.05, 3.63) is 71.5 Å². The highest BCUT2D eigenvalue weighted by atomic mass is 16.5. The lowest BCUT2D eigenvalue weighted by Crippen LogP contribution is -2.60. The molecule has 5 heterocycles. The van der Waals surface area contributed by atoms with E-state index in [-0.39, 0.29) is 43.7 Å². The lowest BCUT2D eigenvalue weighted by atomic mass is 9.84. The predicted molar refractivity (Wildman–Crippen MR) is 248 cm³/mol. The van der Waals surface area contributed by atoms with E-state index in [2.05, 4.69) is 54.5 Å². The molecule has 0 radical (unpaired) electrons. The summed E-state index contributed by atoms with van der Waals surface area (Å²) < 4.78 is 15.4. The van der Waals surface area contributed by atoms with E-state index in [1.165, 1.54) is 19.5 Å². The van der Waals surface area contributed by atoms with Crippen LogP contribution in [0.1, 0.15) is 70.6 Å². The van der Waals surface area contributed by atoms with E-state index in [0.717, 1.165) is 38.9 Å². The van der Waals surface area contributed by atoms with Crippen LogP contribution in [0, 0.1) is 17.3 Å². The number of aliphatic hydroxyl groups is 1. The minimum Gasteiger partial charge on any atom is -0.508 e. The molecule has 0 saturated carbocycles. The Kier molecular flexibility index (Phi) is 14.3. The molecule has 6 bridgehead atoms. The van der Waals surface area contributed by atoms with E-state index in [9.17, 15) is 34.2 Å². The summed E-state index contributed by atoms with van der Waals surface area (Å²) in [4.78, 5) is 76.9. The van der Waals surface area contributed by atoms with Crippen LogP contribution in [0.15, 0.2) is 54.9 Å². The van der Waals surface area contributed by atoms with Gasteiger partial charge in [0.05, 0.1) is 31.4 Å². The van der Waals surface area contributed by atoms with Gasteiger partial charge < -0.3 is 39.4 Å². The van der Waals surface area contributed by atoms with Crippen LogP contribution in [0.5, 0.6) is 5.75 Å². The number of nitrogens with one attached hydrogen (secondary N) is 1. The molecule has 16 nitrogen and oxygen atoms in total. The topological polar surface area (TPSA) is 187 Å². The fourth-order valence-corrected chi connectivity index (χ4v) is 10.1. The fraction of sp³-hybridized carbons (Fsp3) is 0.500. The number of carbonyl (C=O) groups is 5. The number of phenols is 1. The average Bonchev–Trinajstić information content (AvgIpc) is 3.90. The lowest BCUT2D eigenvalue weighted by molar-refractivity contribution is -0.693. The molecular weight excluding hydrogens is 843 g/mol. The number of likely N-dealkylation sites (tertiary alicyclic amines) is 1. The van der Waals surface area contributed by atoms with Crippen molar-refractivity contribution >= 4 is 47.2 Å². The molecule has 66 heavy (non-hydrogen) atoms. The van der Waals surface area contributed by atoms with Crippen molar-refractivity contribution in [2.24, 2.45) is 17.3 Å². The van der Waals surface area contributed by atoms with Crippen molar-refractivity contribution in [1.29, 1.82) is 0 Å². The lowest BCUT2D eigenvalue weighted by Gasteiger charge is -2.34. The van der Waals surface area contributed by atoms with Crippen molar-refractivity contribution in [3.63, 3.8) is 0 Å². The monoisotopic (exact) mass is 906 g/mol. The van der Waals surface area contributed by atoms with E-state index in [1.54, 1.807) is 32.5 Å². The summed E-state index contributed by atoms with van der Waals surface area (Å²) in [6, 6.07) is 10.2. The van der Waals surface area contributed by atoms with E-state index in [4.69, 9.17) is 9.47 Å². The van der Waals surface area contributed by atoms with Gasteiger partial charge >= 0.3 is 5.97 Å². The molecule has 3 N–H and O–H groups in total. The minimum atomic E-state index is -1.21. The maximum atomic E-state index is 14.9. The number of rotatable bonds is 10. The van der Waals surface area contributed by atoms with Crippen LogP contribution < -0.4 is 5.32 Å². The molecule has 3 aliphatic heterocycles. The molecule has 2 fully saturated rings. The largest absolute Gasteiger partial charge is 0.508 e. The molecular formula is C50H64N7O9+. The summed E-state index contributed by atoms with van der Waals surface area (Å²) in [5.74, 6) is -3.37. The summed E-state index contributed by atoms with van der Waals surface area (Å²) in [6.45, 7) is 15.2. The number of pyridine rings is 1. The summed E-state index contributed by atoms with van der Waals surface area (Å²) in [5.41, 5.74) is 6.46. The van der Waals surface area contributed by atoms with Crippen LogP contribution in [0.2, 0.25) is 0 Å². The van der Waals surface area contributed by atoms with Crippen molar-refractivity contribution < 1.29 is 48.3 Å². The molecule has 2 saturated heterocycles. The van der Waals surface area contributed by atoms with Crippen molar-refractivity contribution in [1.82, 2.24) is 29.7 Å². The second-order valence-corrected chi connectivity index (χ2v) is 19.1. The molecule has 4 atom stereocenters.